The van der Waals surface area contributed by atoms with Crippen LogP contribution in [0.5, 0.6) is 0 Å². The lowest BCUT2D eigenvalue weighted by Gasteiger charge is -2.20. The number of hydrogen-bond donors (Lipinski definition) is 1. The highest BCUT2D eigenvalue weighted by Crippen LogP contribution is 2.06. The second kappa shape index (κ2) is 10.1. The van der Waals surface area contributed by atoms with E-state index in [4.69, 9.17) is 0 Å². The quantitative estimate of drug-likeness (QED) is 0.560. The Bertz CT molecular complexity index is 681. The summed E-state index contributed by atoms with van der Waals surface area (Å²) in [6.07, 6.45) is 7.56. The topological polar surface area (TPSA) is 75.4 Å². The van der Waals surface area contributed by atoms with Crippen LogP contribution in [0.3, 0.4) is 0 Å². The van der Waals surface area contributed by atoms with E-state index in [9.17, 15) is 9.59 Å². The summed E-state index contributed by atoms with van der Waals surface area (Å²) >= 11 is 0. The number of benzene rings is 1. The average molecular weight is 341 g/mol. The minimum atomic E-state index is -0.299. The van der Waals surface area contributed by atoms with Crippen molar-refractivity contribution >= 4 is 23.7 Å². The van der Waals surface area contributed by atoms with E-state index in [1.54, 1.807) is 17.0 Å². The van der Waals surface area contributed by atoms with Crippen LogP contribution >= 0.6 is 0 Å². The van der Waals surface area contributed by atoms with Gasteiger partial charge >= 0.3 is 0 Å². The maximum atomic E-state index is 12.5. The highest BCUT2D eigenvalue weighted by Gasteiger charge is 2.15. The van der Waals surface area contributed by atoms with Gasteiger partial charge < -0.3 is 14.7 Å². The molecule has 0 saturated heterocycles. The highest BCUT2D eigenvalue weighted by atomic mass is 16.5. The fourth-order valence-corrected chi connectivity index (χ4v) is 2.29. The SMILES string of the molecule is CCCCCN(CC(=O)Nc1ccon1)C(=O)/C=C/c1ccccc1. The number of carbonyl (C=O) groups excluding carboxylic acids is 2. The Balaban J connectivity index is 1.96. The molecule has 0 fully saturated rings. The van der Waals surface area contributed by atoms with Gasteiger partial charge in [-0.15, -0.1) is 0 Å². The van der Waals surface area contributed by atoms with Crippen molar-refractivity contribution in [1.29, 1.82) is 0 Å². The second-order valence-electron chi connectivity index (χ2n) is 5.64. The Labute approximate surface area is 147 Å². The van der Waals surface area contributed by atoms with Gasteiger partial charge in [-0.05, 0) is 18.1 Å². The van der Waals surface area contributed by atoms with Gasteiger partial charge in [0.25, 0.3) is 0 Å². The summed E-state index contributed by atoms with van der Waals surface area (Å²) < 4.78 is 4.68. The third-order valence-electron chi connectivity index (χ3n) is 3.60. The standard InChI is InChI=1S/C19H23N3O3/c1-2-3-7-13-22(15-18(23)20-17-12-14-25-21-17)19(24)11-10-16-8-5-4-6-9-16/h4-6,8-12,14H,2-3,7,13,15H2,1H3,(H,20,21,23)/b11-10+. The van der Waals surface area contributed by atoms with Crippen molar-refractivity contribution in [1.82, 2.24) is 10.1 Å². The van der Waals surface area contributed by atoms with Crippen molar-refractivity contribution in [3.8, 4) is 0 Å². The van der Waals surface area contributed by atoms with E-state index >= 15 is 0 Å². The van der Waals surface area contributed by atoms with Crippen molar-refractivity contribution in [3.05, 3.63) is 54.3 Å². The number of nitrogens with zero attached hydrogens (tertiary/aromatic N) is 2. The Morgan fingerprint density at radius 3 is 2.68 bits per heavy atom. The smallest absolute Gasteiger partial charge is 0.247 e. The zero-order valence-corrected chi connectivity index (χ0v) is 14.4. The van der Waals surface area contributed by atoms with Crippen molar-refractivity contribution in [2.24, 2.45) is 0 Å². The van der Waals surface area contributed by atoms with Crippen LogP contribution in [0.25, 0.3) is 6.08 Å². The molecule has 0 bridgehead atoms. The van der Waals surface area contributed by atoms with Gasteiger partial charge in [0.1, 0.15) is 12.8 Å². The molecule has 132 valence electrons. The molecular formula is C19H23N3O3. The molecule has 2 amide bonds. The number of hydrogen-bond acceptors (Lipinski definition) is 4. The Morgan fingerprint density at radius 2 is 2.00 bits per heavy atom. The molecule has 0 radical (unpaired) electrons. The minimum Gasteiger partial charge on any atom is -0.363 e. The summed E-state index contributed by atoms with van der Waals surface area (Å²) in [5.74, 6) is -0.145. The zero-order valence-electron chi connectivity index (χ0n) is 14.4. The zero-order chi connectivity index (χ0) is 17.9. The van der Waals surface area contributed by atoms with Crippen LogP contribution in [0, 0.1) is 0 Å². The van der Waals surface area contributed by atoms with Gasteiger partial charge in [0.05, 0.1) is 0 Å². The van der Waals surface area contributed by atoms with Gasteiger partial charge in [0, 0.05) is 18.7 Å². The number of carbonyl (C=O) groups is 2. The molecule has 0 aliphatic rings. The van der Waals surface area contributed by atoms with E-state index in [-0.39, 0.29) is 18.4 Å². The summed E-state index contributed by atoms with van der Waals surface area (Å²) in [6.45, 7) is 2.62. The molecule has 2 rings (SSSR count). The maximum Gasteiger partial charge on any atom is 0.247 e. The summed E-state index contributed by atoms with van der Waals surface area (Å²) in [4.78, 5) is 26.1. The molecule has 1 aromatic heterocycles. The molecule has 0 spiro atoms. The first-order valence-corrected chi connectivity index (χ1v) is 8.41. The highest BCUT2D eigenvalue weighted by molar-refractivity contribution is 5.97. The van der Waals surface area contributed by atoms with Crippen molar-refractivity contribution in [2.45, 2.75) is 26.2 Å². The van der Waals surface area contributed by atoms with E-state index in [1.807, 2.05) is 30.3 Å². The molecular weight excluding hydrogens is 318 g/mol. The number of amides is 2. The molecule has 6 nitrogen and oxygen atoms in total. The summed E-state index contributed by atoms with van der Waals surface area (Å²) in [5.41, 5.74) is 0.941. The summed E-state index contributed by atoms with van der Waals surface area (Å²) in [7, 11) is 0. The average Bonchev–Trinajstić information content (AvgIpc) is 3.12. The molecule has 0 unspecified atom stereocenters. The summed E-state index contributed by atoms with van der Waals surface area (Å²) in [6, 6.07) is 11.1. The monoisotopic (exact) mass is 341 g/mol. The van der Waals surface area contributed by atoms with Gasteiger partial charge in [-0.3, -0.25) is 9.59 Å². The van der Waals surface area contributed by atoms with Crippen molar-refractivity contribution in [2.75, 3.05) is 18.4 Å². The number of rotatable bonds is 9. The van der Waals surface area contributed by atoms with Crippen molar-refractivity contribution in [3.63, 3.8) is 0 Å². The van der Waals surface area contributed by atoms with Crippen LogP contribution in [0.1, 0.15) is 31.7 Å². The molecule has 6 heteroatoms. The first-order valence-electron chi connectivity index (χ1n) is 8.41. The summed E-state index contributed by atoms with van der Waals surface area (Å²) in [5, 5.41) is 6.25. The van der Waals surface area contributed by atoms with Crippen LogP contribution in [-0.2, 0) is 9.59 Å². The Morgan fingerprint density at radius 1 is 1.20 bits per heavy atom. The third-order valence-corrected chi connectivity index (χ3v) is 3.60. The third kappa shape index (κ3) is 6.63. The predicted octanol–water partition coefficient (Wildman–Crippen LogP) is 3.35. The number of unbranched alkanes of at least 4 members (excludes halogenated alkanes) is 2. The molecule has 1 aromatic carbocycles. The molecule has 2 aromatic rings. The van der Waals surface area contributed by atoms with E-state index < -0.39 is 0 Å². The lowest BCUT2D eigenvalue weighted by Crippen LogP contribution is -2.37. The second-order valence-corrected chi connectivity index (χ2v) is 5.64. The van der Waals surface area contributed by atoms with Gasteiger partial charge in [0.15, 0.2) is 5.82 Å². The van der Waals surface area contributed by atoms with Gasteiger partial charge in [-0.1, -0.05) is 55.3 Å². The molecule has 0 aliphatic heterocycles. The predicted molar refractivity (Wildman–Crippen MR) is 96.7 cm³/mol. The first kappa shape index (κ1) is 18.4. The minimum absolute atomic E-state index is 0.0193. The molecule has 1 heterocycles. The van der Waals surface area contributed by atoms with Gasteiger partial charge in [-0.2, -0.15) is 0 Å². The van der Waals surface area contributed by atoms with Crippen LogP contribution in [0.2, 0.25) is 0 Å². The number of nitrogens with one attached hydrogen (secondary N) is 1. The van der Waals surface area contributed by atoms with Gasteiger partial charge in [0.2, 0.25) is 11.8 Å². The maximum absolute atomic E-state index is 12.5. The van der Waals surface area contributed by atoms with E-state index in [1.165, 1.54) is 12.3 Å². The van der Waals surface area contributed by atoms with Gasteiger partial charge in [-0.25, -0.2) is 0 Å². The number of aromatic nitrogens is 1. The number of anilines is 1. The molecule has 0 saturated carbocycles. The van der Waals surface area contributed by atoms with Crippen LogP contribution in [0.15, 0.2) is 53.3 Å². The molecule has 0 atom stereocenters. The van der Waals surface area contributed by atoms with Crippen LogP contribution < -0.4 is 5.32 Å². The molecule has 1 N–H and O–H groups in total. The normalized spacial score (nSPS) is 10.8. The fraction of sp³-hybridized carbons (Fsp3) is 0.316. The van der Waals surface area contributed by atoms with E-state index in [0.29, 0.717) is 12.4 Å². The van der Waals surface area contributed by atoms with Crippen LogP contribution in [0.4, 0.5) is 5.82 Å². The lowest BCUT2D eigenvalue weighted by molar-refractivity contribution is -0.130. The van der Waals surface area contributed by atoms with E-state index in [0.717, 1.165) is 24.8 Å². The Kier molecular flexibility index (Phi) is 7.43. The Hall–Kier alpha value is -2.89. The van der Waals surface area contributed by atoms with Crippen molar-refractivity contribution < 1.29 is 14.1 Å². The first-order chi connectivity index (χ1) is 12.2. The lowest BCUT2D eigenvalue weighted by atomic mass is 10.2. The molecule has 0 aliphatic carbocycles. The fourth-order valence-electron chi connectivity index (χ4n) is 2.29. The largest absolute Gasteiger partial charge is 0.363 e. The van der Waals surface area contributed by atoms with Crippen LogP contribution in [-0.4, -0.2) is 35.0 Å². The van der Waals surface area contributed by atoms with E-state index in [2.05, 4.69) is 21.9 Å². The molecule has 25 heavy (non-hydrogen) atoms.